The summed E-state index contributed by atoms with van der Waals surface area (Å²) in [7, 11) is 0. The van der Waals surface area contributed by atoms with E-state index in [2.05, 4.69) is 0 Å². The van der Waals surface area contributed by atoms with Gasteiger partial charge in [-0.15, -0.1) is 0 Å². The van der Waals surface area contributed by atoms with Gasteiger partial charge in [0.25, 0.3) is 5.69 Å². The van der Waals surface area contributed by atoms with E-state index in [0.717, 1.165) is 12.8 Å². The molecule has 0 fully saturated rings. The number of non-ortho nitro benzene ring substituents is 1. The summed E-state index contributed by atoms with van der Waals surface area (Å²) in [6.07, 6.45) is 1.55. The van der Waals surface area contributed by atoms with Gasteiger partial charge in [-0.3, -0.25) is 10.1 Å². The van der Waals surface area contributed by atoms with Gasteiger partial charge in [0.2, 0.25) is 0 Å². The molecular weight excluding hydrogens is 260 g/mol. The van der Waals surface area contributed by atoms with Gasteiger partial charge in [0.15, 0.2) is 0 Å². The molecule has 0 aliphatic carbocycles. The van der Waals surface area contributed by atoms with Crippen LogP contribution in [-0.4, -0.2) is 23.7 Å². The molecule has 1 aromatic carbocycles. The van der Waals surface area contributed by atoms with E-state index in [9.17, 15) is 10.1 Å². The van der Waals surface area contributed by atoms with Crippen LogP contribution >= 0.6 is 0 Å². The number of benzene rings is 1. The van der Waals surface area contributed by atoms with E-state index in [1.807, 2.05) is 20.8 Å². The molecule has 1 rings (SSSR count). The lowest BCUT2D eigenvalue weighted by molar-refractivity contribution is -0.385. The van der Waals surface area contributed by atoms with E-state index >= 15 is 0 Å². The summed E-state index contributed by atoms with van der Waals surface area (Å²) < 4.78 is 10.9. The molecule has 2 N–H and O–H groups in total. The van der Waals surface area contributed by atoms with Crippen LogP contribution in [0.2, 0.25) is 0 Å². The molecule has 0 amide bonds. The minimum atomic E-state index is -0.468. The molecule has 0 aromatic heterocycles. The molecule has 0 aliphatic rings. The van der Waals surface area contributed by atoms with Gasteiger partial charge in [-0.25, -0.2) is 0 Å². The van der Waals surface area contributed by atoms with Crippen molar-refractivity contribution in [2.75, 3.05) is 13.2 Å². The molecule has 112 valence electrons. The first-order valence-corrected chi connectivity index (χ1v) is 6.78. The molecule has 20 heavy (non-hydrogen) atoms. The summed E-state index contributed by atoms with van der Waals surface area (Å²) >= 11 is 0. The standard InChI is InChI=1S/C14H22N2O4/c1-4-14(15,5-2)10-20-13-8-11(16(17)18)7-12(9-13)19-6-3/h7-9H,4-6,10,15H2,1-3H3. The molecule has 1 aromatic rings. The lowest BCUT2D eigenvalue weighted by Gasteiger charge is -2.26. The van der Waals surface area contributed by atoms with Crippen molar-refractivity contribution in [3.8, 4) is 11.5 Å². The number of nitrogens with two attached hydrogens (primary N) is 1. The highest BCUT2D eigenvalue weighted by Crippen LogP contribution is 2.28. The molecule has 0 spiro atoms. The monoisotopic (exact) mass is 282 g/mol. The average Bonchev–Trinajstić information content (AvgIpc) is 2.45. The Hall–Kier alpha value is -1.82. The predicted molar refractivity (Wildman–Crippen MR) is 77.3 cm³/mol. The topological polar surface area (TPSA) is 87.6 Å². The lowest BCUT2D eigenvalue weighted by atomic mass is 9.96. The van der Waals surface area contributed by atoms with Crippen LogP contribution in [0.4, 0.5) is 5.69 Å². The molecular formula is C14H22N2O4. The zero-order chi connectivity index (χ0) is 15.2. The van der Waals surface area contributed by atoms with Gasteiger partial charge in [0.1, 0.15) is 18.1 Å². The molecule has 6 nitrogen and oxygen atoms in total. The summed E-state index contributed by atoms with van der Waals surface area (Å²) in [4.78, 5) is 10.4. The Kier molecular flexibility index (Phi) is 5.76. The Balaban J connectivity index is 2.91. The Labute approximate surface area is 119 Å². The van der Waals surface area contributed by atoms with Gasteiger partial charge >= 0.3 is 0 Å². The first kappa shape index (κ1) is 16.2. The number of rotatable bonds is 8. The number of nitrogens with zero attached hydrogens (tertiary/aromatic N) is 1. The molecule has 0 aliphatic heterocycles. The van der Waals surface area contributed by atoms with Gasteiger partial charge in [0.05, 0.1) is 23.7 Å². The van der Waals surface area contributed by atoms with Crippen LogP contribution in [0.3, 0.4) is 0 Å². The van der Waals surface area contributed by atoms with Crippen LogP contribution in [0.25, 0.3) is 0 Å². The maximum absolute atomic E-state index is 10.9. The maximum atomic E-state index is 10.9. The number of nitro benzene ring substituents is 1. The van der Waals surface area contributed by atoms with Crippen molar-refractivity contribution in [3.63, 3.8) is 0 Å². The van der Waals surface area contributed by atoms with Gasteiger partial charge in [-0.05, 0) is 19.8 Å². The molecule has 0 bridgehead atoms. The van der Waals surface area contributed by atoms with Crippen LogP contribution < -0.4 is 15.2 Å². The molecule has 0 radical (unpaired) electrons. The van der Waals surface area contributed by atoms with Gasteiger partial charge in [-0.2, -0.15) is 0 Å². The summed E-state index contributed by atoms with van der Waals surface area (Å²) in [5.41, 5.74) is 5.67. The van der Waals surface area contributed by atoms with Crippen molar-refractivity contribution in [3.05, 3.63) is 28.3 Å². The molecule has 0 atom stereocenters. The van der Waals surface area contributed by atoms with Crippen molar-refractivity contribution in [2.24, 2.45) is 5.73 Å². The van der Waals surface area contributed by atoms with E-state index in [-0.39, 0.29) is 5.69 Å². The summed E-state index contributed by atoms with van der Waals surface area (Å²) in [6.45, 7) is 6.55. The fourth-order valence-corrected chi connectivity index (χ4v) is 1.68. The normalized spacial score (nSPS) is 11.2. The van der Waals surface area contributed by atoms with Crippen LogP contribution in [0.5, 0.6) is 11.5 Å². The Bertz CT molecular complexity index is 458. The van der Waals surface area contributed by atoms with Crippen LogP contribution in [-0.2, 0) is 0 Å². The van der Waals surface area contributed by atoms with Gasteiger partial charge in [-0.1, -0.05) is 13.8 Å². The largest absolute Gasteiger partial charge is 0.493 e. The van der Waals surface area contributed by atoms with Crippen molar-refractivity contribution in [2.45, 2.75) is 39.2 Å². The molecule has 0 unspecified atom stereocenters. The van der Waals surface area contributed by atoms with Crippen LogP contribution in [0, 0.1) is 10.1 Å². The van der Waals surface area contributed by atoms with Gasteiger partial charge < -0.3 is 15.2 Å². The number of hydrogen-bond acceptors (Lipinski definition) is 5. The zero-order valence-corrected chi connectivity index (χ0v) is 12.2. The SMILES string of the molecule is CCOc1cc(OCC(N)(CC)CC)cc([N+](=O)[O-])c1. The quantitative estimate of drug-likeness (QED) is 0.585. The molecule has 0 heterocycles. The van der Waals surface area contributed by atoms with E-state index in [4.69, 9.17) is 15.2 Å². The molecule has 0 saturated heterocycles. The van der Waals surface area contributed by atoms with Crippen molar-refractivity contribution in [1.29, 1.82) is 0 Å². The summed E-state index contributed by atoms with van der Waals surface area (Å²) in [5.74, 6) is 0.826. The fourth-order valence-electron chi connectivity index (χ4n) is 1.68. The Morgan fingerprint density at radius 1 is 1.15 bits per heavy atom. The van der Waals surface area contributed by atoms with Crippen molar-refractivity contribution >= 4 is 5.69 Å². The third-order valence-corrected chi connectivity index (χ3v) is 3.32. The minimum Gasteiger partial charge on any atom is -0.493 e. The number of ether oxygens (including phenoxy) is 2. The first-order valence-electron chi connectivity index (χ1n) is 6.78. The second-order valence-corrected chi connectivity index (χ2v) is 4.71. The maximum Gasteiger partial charge on any atom is 0.276 e. The second kappa shape index (κ2) is 7.09. The fraction of sp³-hybridized carbons (Fsp3) is 0.571. The van der Waals surface area contributed by atoms with E-state index in [0.29, 0.717) is 24.7 Å². The predicted octanol–water partition coefficient (Wildman–Crippen LogP) is 2.89. The highest BCUT2D eigenvalue weighted by molar-refractivity contribution is 5.46. The summed E-state index contributed by atoms with van der Waals surface area (Å²) in [5, 5.41) is 10.9. The third kappa shape index (κ3) is 4.38. The highest BCUT2D eigenvalue weighted by atomic mass is 16.6. The minimum absolute atomic E-state index is 0.0541. The zero-order valence-electron chi connectivity index (χ0n) is 12.2. The van der Waals surface area contributed by atoms with Crippen LogP contribution in [0.15, 0.2) is 18.2 Å². The number of nitro groups is 1. The van der Waals surface area contributed by atoms with Crippen molar-refractivity contribution in [1.82, 2.24) is 0 Å². The Morgan fingerprint density at radius 2 is 1.70 bits per heavy atom. The van der Waals surface area contributed by atoms with Gasteiger partial charge in [0, 0.05) is 11.6 Å². The first-order chi connectivity index (χ1) is 9.44. The third-order valence-electron chi connectivity index (χ3n) is 3.32. The van der Waals surface area contributed by atoms with Crippen LogP contribution in [0.1, 0.15) is 33.6 Å². The lowest BCUT2D eigenvalue weighted by Crippen LogP contribution is -2.44. The van der Waals surface area contributed by atoms with E-state index in [1.165, 1.54) is 12.1 Å². The molecule has 0 saturated carbocycles. The number of hydrogen-bond donors (Lipinski definition) is 1. The average molecular weight is 282 g/mol. The van der Waals surface area contributed by atoms with E-state index in [1.54, 1.807) is 6.07 Å². The van der Waals surface area contributed by atoms with Crippen molar-refractivity contribution < 1.29 is 14.4 Å². The summed E-state index contributed by atoms with van der Waals surface area (Å²) in [6, 6.07) is 4.40. The van der Waals surface area contributed by atoms with E-state index < -0.39 is 10.5 Å². The second-order valence-electron chi connectivity index (χ2n) is 4.71. The molecule has 6 heteroatoms. The smallest absolute Gasteiger partial charge is 0.276 e. The Morgan fingerprint density at radius 3 is 2.15 bits per heavy atom. The highest BCUT2D eigenvalue weighted by Gasteiger charge is 2.22.